The molecule has 8 heteroatoms. The number of pyridine rings is 1. The summed E-state index contributed by atoms with van der Waals surface area (Å²) >= 11 is 0. The second kappa shape index (κ2) is 9.66. The lowest BCUT2D eigenvalue weighted by molar-refractivity contribution is -0.111. The lowest BCUT2D eigenvalue weighted by atomic mass is 10.1. The molecular formula is C26H26N4O4. The van der Waals surface area contributed by atoms with Crippen molar-refractivity contribution in [3.8, 4) is 23.1 Å². The van der Waals surface area contributed by atoms with Crippen LogP contribution >= 0.6 is 0 Å². The Labute approximate surface area is 197 Å². The first-order valence-electron chi connectivity index (χ1n) is 10.7. The molecule has 4 aromatic rings. The molecule has 0 fully saturated rings. The Bertz CT molecular complexity index is 1390. The third kappa shape index (κ3) is 4.56. The molecule has 2 aromatic carbocycles. The highest BCUT2D eigenvalue weighted by Crippen LogP contribution is 2.29. The lowest BCUT2D eigenvalue weighted by Gasteiger charge is -2.12. The Morgan fingerprint density at radius 3 is 2.50 bits per heavy atom. The number of amides is 1. The number of hydrogen-bond acceptors (Lipinski definition) is 6. The molecule has 2 heterocycles. The SMILES string of the molecule is COc1ccc(OC)c(/C=C/C(=O)Nc2cc(C)nn2-c2cc(C)c3cccc(OC)c3n2)c1. The van der Waals surface area contributed by atoms with E-state index in [9.17, 15) is 4.79 Å². The van der Waals surface area contributed by atoms with Crippen molar-refractivity contribution in [3.63, 3.8) is 0 Å². The van der Waals surface area contributed by atoms with Gasteiger partial charge in [-0.2, -0.15) is 9.78 Å². The van der Waals surface area contributed by atoms with Crippen LogP contribution in [0.25, 0.3) is 22.8 Å². The summed E-state index contributed by atoms with van der Waals surface area (Å²) in [6.45, 7) is 3.86. The summed E-state index contributed by atoms with van der Waals surface area (Å²) < 4.78 is 17.7. The van der Waals surface area contributed by atoms with E-state index in [2.05, 4.69) is 10.4 Å². The molecule has 0 aliphatic rings. The predicted octanol–water partition coefficient (Wildman–Crippen LogP) is 4.72. The van der Waals surface area contributed by atoms with Gasteiger partial charge >= 0.3 is 0 Å². The molecule has 0 unspecified atom stereocenters. The highest BCUT2D eigenvalue weighted by Gasteiger charge is 2.14. The predicted molar refractivity (Wildman–Crippen MR) is 132 cm³/mol. The van der Waals surface area contributed by atoms with E-state index in [1.54, 1.807) is 56.4 Å². The van der Waals surface area contributed by atoms with Crippen LogP contribution < -0.4 is 19.5 Å². The Balaban J connectivity index is 1.65. The number of nitrogens with zero attached hydrogens (tertiary/aromatic N) is 3. The van der Waals surface area contributed by atoms with Crippen LogP contribution in [0.2, 0.25) is 0 Å². The summed E-state index contributed by atoms with van der Waals surface area (Å²) in [4.78, 5) is 17.5. The van der Waals surface area contributed by atoms with Gasteiger partial charge in [-0.25, -0.2) is 4.98 Å². The minimum atomic E-state index is -0.318. The number of para-hydroxylation sites is 1. The monoisotopic (exact) mass is 458 g/mol. The summed E-state index contributed by atoms with van der Waals surface area (Å²) in [5.41, 5.74) is 3.22. The molecule has 2 aromatic heterocycles. The molecule has 1 amide bonds. The van der Waals surface area contributed by atoms with E-state index in [4.69, 9.17) is 19.2 Å². The van der Waals surface area contributed by atoms with E-state index in [0.29, 0.717) is 28.9 Å². The molecule has 0 bridgehead atoms. The number of aryl methyl sites for hydroxylation is 2. The number of carbonyl (C=O) groups excluding carboxylic acids is 1. The average molecular weight is 459 g/mol. The standard InChI is InChI=1S/C26H26N4O4/c1-16-13-23(28-26-20(16)7-6-8-22(26)34-5)30-24(14-17(2)29-30)27-25(31)12-9-18-15-19(32-3)10-11-21(18)33-4/h6-15H,1-5H3,(H,27,31)/b12-9+. The van der Waals surface area contributed by atoms with Gasteiger partial charge in [0.1, 0.15) is 28.6 Å². The molecule has 0 aliphatic heterocycles. The van der Waals surface area contributed by atoms with E-state index in [-0.39, 0.29) is 5.91 Å². The van der Waals surface area contributed by atoms with Crippen molar-refractivity contribution in [1.29, 1.82) is 0 Å². The van der Waals surface area contributed by atoms with Crippen LogP contribution in [-0.4, -0.2) is 42.0 Å². The minimum absolute atomic E-state index is 0.318. The molecule has 0 aliphatic carbocycles. The van der Waals surface area contributed by atoms with Crippen LogP contribution in [0.1, 0.15) is 16.8 Å². The maximum absolute atomic E-state index is 12.8. The number of benzene rings is 2. The Morgan fingerprint density at radius 2 is 1.76 bits per heavy atom. The van der Waals surface area contributed by atoms with Crippen molar-refractivity contribution in [1.82, 2.24) is 14.8 Å². The van der Waals surface area contributed by atoms with E-state index in [1.807, 2.05) is 38.1 Å². The summed E-state index contributed by atoms with van der Waals surface area (Å²) in [5, 5.41) is 8.43. The van der Waals surface area contributed by atoms with Gasteiger partial charge < -0.3 is 19.5 Å². The molecule has 0 atom stereocenters. The van der Waals surface area contributed by atoms with Crippen LogP contribution in [0.3, 0.4) is 0 Å². The van der Waals surface area contributed by atoms with Crippen LogP contribution in [0, 0.1) is 13.8 Å². The second-order valence-electron chi connectivity index (χ2n) is 7.67. The van der Waals surface area contributed by atoms with Gasteiger partial charge in [-0.05, 0) is 55.8 Å². The van der Waals surface area contributed by atoms with Crippen molar-refractivity contribution < 1.29 is 19.0 Å². The number of aromatic nitrogens is 3. The quantitative estimate of drug-likeness (QED) is 0.404. The van der Waals surface area contributed by atoms with Gasteiger partial charge in [0, 0.05) is 23.1 Å². The lowest BCUT2D eigenvalue weighted by Crippen LogP contribution is -2.13. The van der Waals surface area contributed by atoms with E-state index >= 15 is 0 Å². The zero-order valence-corrected chi connectivity index (χ0v) is 19.7. The van der Waals surface area contributed by atoms with Crippen LogP contribution in [-0.2, 0) is 4.79 Å². The fourth-order valence-corrected chi connectivity index (χ4v) is 3.71. The van der Waals surface area contributed by atoms with Gasteiger partial charge in [0.15, 0.2) is 5.82 Å². The maximum Gasteiger partial charge on any atom is 0.249 e. The van der Waals surface area contributed by atoms with E-state index in [0.717, 1.165) is 27.7 Å². The second-order valence-corrected chi connectivity index (χ2v) is 7.67. The molecule has 8 nitrogen and oxygen atoms in total. The summed E-state index contributed by atoms with van der Waals surface area (Å²) in [6, 6.07) is 14.9. The average Bonchev–Trinajstić information content (AvgIpc) is 3.21. The van der Waals surface area contributed by atoms with Crippen molar-refractivity contribution in [2.75, 3.05) is 26.6 Å². The van der Waals surface area contributed by atoms with Gasteiger partial charge in [-0.3, -0.25) is 4.79 Å². The van der Waals surface area contributed by atoms with Crippen molar-refractivity contribution in [3.05, 3.63) is 71.4 Å². The molecule has 0 spiro atoms. The number of rotatable bonds is 7. The number of methoxy groups -OCH3 is 3. The van der Waals surface area contributed by atoms with Gasteiger partial charge in [0.25, 0.3) is 0 Å². The number of hydrogen-bond donors (Lipinski definition) is 1. The first-order valence-corrected chi connectivity index (χ1v) is 10.7. The number of anilines is 1. The van der Waals surface area contributed by atoms with Crippen LogP contribution in [0.15, 0.2) is 54.6 Å². The highest BCUT2D eigenvalue weighted by molar-refractivity contribution is 6.02. The normalized spacial score (nSPS) is 11.1. The van der Waals surface area contributed by atoms with E-state index < -0.39 is 0 Å². The third-order valence-corrected chi connectivity index (χ3v) is 5.37. The molecule has 1 N–H and O–H groups in total. The van der Waals surface area contributed by atoms with Gasteiger partial charge in [-0.1, -0.05) is 12.1 Å². The Morgan fingerprint density at radius 1 is 0.971 bits per heavy atom. The topological polar surface area (TPSA) is 87.5 Å². The van der Waals surface area contributed by atoms with Crippen molar-refractivity contribution >= 4 is 28.7 Å². The maximum atomic E-state index is 12.8. The summed E-state index contributed by atoms with van der Waals surface area (Å²) in [6.07, 6.45) is 3.11. The molecule has 4 rings (SSSR count). The molecular weight excluding hydrogens is 432 g/mol. The number of ether oxygens (including phenoxy) is 3. The molecule has 0 radical (unpaired) electrons. The zero-order chi connectivity index (χ0) is 24.2. The van der Waals surface area contributed by atoms with Gasteiger partial charge in [-0.15, -0.1) is 0 Å². The van der Waals surface area contributed by atoms with Gasteiger partial charge in [0.2, 0.25) is 5.91 Å². The largest absolute Gasteiger partial charge is 0.497 e. The first kappa shape index (κ1) is 22.8. The highest BCUT2D eigenvalue weighted by atomic mass is 16.5. The Hall–Kier alpha value is -4.33. The van der Waals surface area contributed by atoms with Crippen LogP contribution in [0.5, 0.6) is 17.2 Å². The summed E-state index contributed by atoms with van der Waals surface area (Å²) in [7, 11) is 4.78. The minimum Gasteiger partial charge on any atom is -0.497 e. The third-order valence-electron chi connectivity index (χ3n) is 5.37. The van der Waals surface area contributed by atoms with Crippen LogP contribution in [0.4, 0.5) is 5.82 Å². The van der Waals surface area contributed by atoms with Gasteiger partial charge in [0.05, 0.1) is 27.0 Å². The van der Waals surface area contributed by atoms with Crippen molar-refractivity contribution in [2.24, 2.45) is 0 Å². The number of nitrogens with one attached hydrogen (secondary N) is 1. The first-order chi connectivity index (χ1) is 16.4. The number of carbonyl (C=O) groups is 1. The zero-order valence-electron chi connectivity index (χ0n) is 19.7. The fourth-order valence-electron chi connectivity index (χ4n) is 3.71. The smallest absolute Gasteiger partial charge is 0.249 e. The molecule has 0 saturated heterocycles. The van der Waals surface area contributed by atoms with E-state index in [1.165, 1.54) is 6.08 Å². The number of fused-ring (bicyclic) bond motifs is 1. The van der Waals surface area contributed by atoms with Crippen molar-refractivity contribution in [2.45, 2.75) is 13.8 Å². The molecule has 174 valence electrons. The molecule has 34 heavy (non-hydrogen) atoms. The summed E-state index contributed by atoms with van der Waals surface area (Å²) in [5.74, 6) is 2.74. The fraction of sp³-hybridized carbons (Fsp3) is 0.192. The Kier molecular flexibility index (Phi) is 6.49. The molecule has 0 saturated carbocycles.